The van der Waals surface area contributed by atoms with Crippen LogP contribution in [0.2, 0.25) is 5.02 Å². The summed E-state index contributed by atoms with van der Waals surface area (Å²) >= 11 is 6.19. The van der Waals surface area contributed by atoms with Crippen molar-refractivity contribution in [1.29, 1.82) is 0 Å². The number of hydrogen-bond donors (Lipinski definition) is 1. The van der Waals surface area contributed by atoms with Crippen molar-refractivity contribution >= 4 is 45.3 Å². The first-order chi connectivity index (χ1) is 14.0. The molecule has 147 valence electrons. The molecule has 0 spiro atoms. The van der Waals surface area contributed by atoms with Crippen molar-refractivity contribution in [3.63, 3.8) is 0 Å². The van der Waals surface area contributed by atoms with Crippen LogP contribution >= 0.6 is 11.6 Å². The molecule has 3 aromatic rings. The van der Waals surface area contributed by atoms with Gasteiger partial charge in [-0.3, -0.25) is 5.43 Å². The van der Waals surface area contributed by atoms with Gasteiger partial charge in [-0.1, -0.05) is 11.6 Å². The van der Waals surface area contributed by atoms with Crippen LogP contribution in [0.4, 0.5) is 5.69 Å². The average Bonchev–Trinajstić information content (AvgIpc) is 3.13. The lowest BCUT2D eigenvalue weighted by atomic mass is 9.97. The average molecular weight is 406 g/mol. The number of benzene rings is 2. The Labute approximate surface area is 176 Å². The molecule has 1 N–H and O–H groups in total. The molecule has 1 heterocycles. The monoisotopic (exact) mass is 405 g/mol. The highest BCUT2D eigenvalue weighted by molar-refractivity contribution is 6.31. The van der Waals surface area contributed by atoms with Crippen molar-refractivity contribution in [1.82, 2.24) is 9.88 Å². The minimum Gasteiger partial charge on any atom is -0.497 e. The number of anilines is 1. The molecule has 0 bridgehead atoms. The maximum absolute atomic E-state index is 6.19. The Kier molecular flexibility index (Phi) is 5.88. The van der Waals surface area contributed by atoms with Gasteiger partial charge in [0.25, 0.3) is 0 Å². The van der Waals surface area contributed by atoms with Gasteiger partial charge in [-0.25, -0.2) is 4.98 Å². The molecule has 0 unspecified atom stereocenters. The summed E-state index contributed by atoms with van der Waals surface area (Å²) in [4.78, 5) is 6.88. The minimum atomic E-state index is 0.650. The van der Waals surface area contributed by atoms with Gasteiger partial charge in [0.15, 0.2) is 0 Å². The number of hydrazone groups is 1. The number of aromatic nitrogens is 1. The predicted molar refractivity (Wildman–Crippen MR) is 121 cm³/mol. The topological polar surface area (TPSA) is 49.8 Å². The molecule has 1 fully saturated rings. The SMILES string of the molecule is COc1ccc2nc3cc(Cl)ccc3c(N/N=C/[C]3[CH][CH][CH][C]3CN(C)C)c2c1. The largest absolute Gasteiger partial charge is 0.497 e. The van der Waals surface area contributed by atoms with Gasteiger partial charge < -0.3 is 9.64 Å². The molecular weight excluding hydrogens is 384 g/mol. The van der Waals surface area contributed by atoms with E-state index in [2.05, 4.69) is 42.4 Å². The van der Waals surface area contributed by atoms with Gasteiger partial charge in [0.1, 0.15) is 5.75 Å². The first-order valence-electron chi connectivity index (χ1n) is 9.30. The number of methoxy groups -OCH3 is 1. The van der Waals surface area contributed by atoms with E-state index in [-0.39, 0.29) is 0 Å². The van der Waals surface area contributed by atoms with Crippen molar-refractivity contribution < 1.29 is 4.74 Å². The zero-order valence-electron chi connectivity index (χ0n) is 16.6. The van der Waals surface area contributed by atoms with E-state index < -0.39 is 0 Å². The Morgan fingerprint density at radius 3 is 2.76 bits per heavy atom. The minimum absolute atomic E-state index is 0.650. The highest BCUT2D eigenvalue weighted by atomic mass is 35.5. The summed E-state index contributed by atoms with van der Waals surface area (Å²) in [5, 5.41) is 7.07. The fourth-order valence-corrected chi connectivity index (χ4v) is 3.56. The van der Waals surface area contributed by atoms with E-state index >= 15 is 0 Å². The summed E-state index contributed by atoms with van der Waals surface area (Å²) < 4.78 is 5.40. The number of ether oxygens (including phenoxy) is 1. The molecule has 1 aliphatic rings. The molecule has 5 nitrogen and oxygen atoms in total. The Morgan fingerprint density at radius 2 is 1.97 bits per heavy atom. The van der Waals surface area contributed by atoms with Crippen LogP contribution in [0.15, 0.2) is 41.5 Å². The lowest BCUT2D eigenvalue weighted by Crippen LogP contribution is -2.22. The van der Waals surface area contributed by atoms with Gasteiger partial charge >= 0.3 is 0 Å². The zero-order chi connectivity index (χ0) is 20.4. The van der Waals surface area contributed by atoms with Crippen LogP contribution in [0.1, 0.15) is 0 Å². The Morgan fingerprint density at radius 1 is 1.10 bits per heavy atom. The van der Waals surface area contributed by atoms with Gasteiger partial charge in [0.05, 0.1) is 23.8 Å². The summed E-state index contributed by atoms with van der Waals surface area (Å²) in [5.41, 5.74) is 5.77. The standard InChI is InChI=1S/C23H22ClN4O/c1-28(2)14-16-6-4-5-15(16)13-25-27-23-19-9-7-17(24)11-22(19)26-21-10-8-18(29-3)12-20(21)23/h4-13H,14H2,1-3H3,(H,26,27)/b25-13+. The molecular formula is C23H22ClN4O. The van der Waals surface area contributed by atoms with Crippen LogP contribution in [0.3, 0.4) is 0 Å². The zero-order valence-corrected chi connectivity index (χ0v) is 17.4. The quantitative estimate of drug-likeness (QED) is 0.364. The number of halogens is 1. The molecule has 1 aromatic heterocycles. The van der Waals surface area contributed by atoms with E-state index in [4.69, 9.17) is 21.3 Å². The second-order valence-corrected chi connectivity index (χ2v) is 7.58. The summed E-state index contributed by atoms with van der Waals surface area (Å²) in [7, 11) is 5.77. The first kappa shape index (κ1) is 19.9. The summed E-state index contributed by atoms with van der Waals surface area (Å²) in [6.45, 7) is 0.866. The van der Waals surface area contributed by atoms with E-state index in [0.29, 0.717) is 5.02 Å². The fourth-order valence-electron chi connectivity index (χ4n) is 3.39. The molecule has 1 aliphatic carbocycles. The fraction of sp³-hybridized carbons (Fsp3) is 0.174. The van der Waals surface area contributed by atoms with Crippen LogP contribution in [0.25, 0.3) is 21.8 Å². The smallest absolute Gasteiger partial charge is 0.119 e. The van der Waals surface area contributed by atoms with Gasteiger partial charge in [0.2, 0.25) is 0 Å². The van der Waals surface area contributed by atoms with Crippen LogP contribution in [0, 0.1) is 31.1 Å². The molecule has 4 rings (SSSR count). The molecule has 0 atom stereocenters. The van der Waals surface area contributed by atoms with Crippen molar-refractivity contribution in [3.05, 3.63) is 72.5 Å². The van der Waals surface area contributed by atoms with Crippen molar-refractivity contribution in [3.8, 4) is 5.75 Å². The Balaban J connectivity index is 1.70. The van der Waals surface area contributed by atoms with E-state index in [9.17, 15) is 0 Å². The number of hydrogen-bond acceptors (Lipinski definition) is 5. The van der Waals surface area contributed by atoms with E-state index in [1.807, 2.05) is 49.0 Å². The lowest BCUT2D eigenvalue weighted by molar-refractivity contribution is 0.415. The number of pyridine rings is 1. The first-order valence-corrected chi connectivity index (χ1v) is 9.68. The van der Waals surface area contributed by atoms with Gasteiger partial charge in [0, 0.05) is 40.4 Å². The number of nitrogens with zero attached hydrogens (tertiary/aromatic N) is 3. The normalized spacial score (nSPS) is 15.9. The van der Waals surface area contributed by atoms with Crippen molar-refractivity contribution in [2.45, 2.75) is 0 Å². The van der Waals surface area contributed by atoms with Crippen LogP contribution in [-0.2, 0) is 0 Å². The maximum atomic E-state index is 6.19. The second-order valence-electron chi connectivity index (χ2n) is 7.15. The molecule has 2 aromatic carbocycles. The molecule has 6 heteroatoms. The molecule has 0 aliphatic heterocycles. The third-order valence-electron chi connectivity index (χ3n) is 4.75. The van der Waals surface area contributed by atoms with Crippen molar-refractivity contribution in [2.24, 2.45) is 5.10 Å². The molecule has 29 heavy (non-hydrogen) atoms. The third-order valence-corrected chi connectivity index (χ3v) is 4.99. The Bertz CT molecular complexity index is 1050. The van der Waals surface area contributed by atoms with Gasteiger partial charge in [-0.15, -0.1) is 0 Å². The molecule has 1 saturated carbocycles. The number of rotatable bonds is 6. The summed E-state index contributed by atoms with van der Waals surface area (Å²) in [6.07, 6.45) is 8.08. The van der Waals surface area contributed by atoms with E-state index in [1.165, 1.54) is 5.92 Å². The van der Waals surface area contributed by atoms with E-state index in [0.717, 1.165) is 45.7 Å². The van der Waals surface area contributed by atoms with E-state index in [1.54, 1.807) is 7.11 Å². The number of nitrogens with one attached hydrogen (secondary N) is 1. The second kappa shape index (κ2) is 8.56. The third kappa shape index (κ3) is 4.31. The Hall–Kier alpha value is -2.37. The van der Waals surface area contributed by atoms with Crippen molar-refractivity contribution in [2.75, 3.05) is 33.2 Å². The summed E-state index contributed by atoms with van der Waals surface area (Å²) in [6, 6.07) is 11.5. The van der Waals surface area contributed by atoms with Gasteiger partial charge in [-0.2, -0.15) is 5.10 Å². The van der Waals surface area contributed by atoms with Crippen LogP contribution in [0.5, 0.6) is 5.75 Å². The predicted octanol–water partition coefficient (Wildman–Crippen LogP) is 4.78. The highest BCUT2D eigenvalue weighted by Crippen LogP contribution is 2.35. The molecule has 0 saturated heterocycles. The van der Waals surface area contributed by atoms with Crippen LogP contribution < -0.4 is 10.2 Å². The summed E-state index contributed by atoms with van der Waals surface area (Å²) in [5.74, 6) is 3.09. The maximum Gasteiger partial charge on any atom is 0.119 e. The van der Waals surface area contributed by atoms with Gasteiger partial charge in [-0.05, 0) is 69.8 Å². The number of fused-ring (bicyclic) bond motifs is 2. The van der Waals surface area contributed by atoms with Crippen LogP contribution in [-0.4, -0.2) is 43.8 Å². The molecule has 0 amide bonds. The molecule has 5 radical (unpaired) electrons. The highest BCUT2D eigenvalue weighted by Gasteiger charge is 2.28. The lowest BCUT2D eigenvalue weighted by Gasteiger charge is -2.18.